The van der Waals surface area contributed by atoms with Gasteiger partial charge in [-0.05, 0) is 31.2 Å². The third kappa shape index (κ3) is 5.05. The molecule has 0 spiro atoms. The Labute approximate surface area is 184 Å². The molecule has 2 amide bonds. The molecule has 0 aliphatic carbocycles. The van der Waals surface area contributed by atoms with Crippen LogP contribution in [0.5, 0.6) is 5.75 Å². The fourth-order valence-electron chi connectivity index (χ4n) is 3.32. The van der Waals surface area contributed by atoms with Crippen LogP contribution in [0.15, 0.2) is 58.2 Å². The van der Waals surface area contributed by atoms with Crippen molar-refractivity contribution in [3.63, 3.8) is 0 Å². The van der Waals surface area contributed by atoms with Crippen molar-refractivity contribution in [2.24, 2.45) is 0 Å². The van der Waals surface area contributed by atoms with Gasteiger partial charge in [0.15, 0.2) is 0 Å². The summed E-state index contributed by atoms with van der Waals surface area (Å²) in [7, 11) is 1.57. The van der Waals surface area contributed by atoms with Gasteiger partial charge in [-0.3, -0.25) is 9.59 Å². The number of carbonyl (C=O) groups is 2. The van der Waals surface area contributed by atoms with Gasteiger partial charge in [-0.2, -0.15) is 0 Å². The van der Waals surface area contributed by atoms with E-state index in [4.69, 9.17) is 9.15 Å². The van der Waals surface area contributed by atoms with Gasteiger partial charge in [0.05, 0.1) is 18.8 Å². The number of aromatic nitrogens is 2. The average Bonchev–Trinajstić information content (AvgIpc) is 3.40. The zero-order valence-electron chi connectivity index (χ0n) is 17.2. The van der Waals surface area contributed by atoms with Crippen LogP contribution in [0, 0.1) is 6.92 Å². The van der Waals surface area contributed by atoms with Gasteiger partial charge in [0.1, 0.15) is 5.75 Å². The van der Waals surface area contributed by atoms with Crippen LogP contribution in [0.4, 0.5) is 11.4 Å². The van der Waals surface area contributed by atoms with E-state index < -0.39 is 0 Å². The lowest BCUT2D eigenvalue weighted by atomic mass is 10.1. The van der Waals surface area contributed by atoms with Crippen molar-refractivity contribution in [2.75, 3.05) is 29.6 Å². The van der Waals surface area contributed by atoms with Gasteiger partial charge in [-0.1, -0.05) is 35.5 Å². The number of aryl methyl sites for hydroxylation is 1. The summed E-state index contributed by atoms with van der Waals surface area (Å²) in [5, 5.41) is 11.2. The summed E-state index contributed by atoms with van der Waals surface area (Å²) in [6.07, 6.45) is 0.316. The number of benzene rings is 2. The molecule has 1 aromatic heterocycles. The molecule has 0 unspecified atom stereocenters. The van der Waals surface area contributed by atoms with E-state index in [1.165, 1.54) is 0 Å². The predicted octanol–water partition coefficient (Wildman–Crippen LogP) is 3.64. The second-order valence-corrected chi connectivity index (χ2v) is 8.14. The van der Waals surface area contributed by atoms with E-state index in [0.29, 0.717) is 35.5 Å². The Morgan fingerprint density at radius 3 is 2.84 bits per heavy atom. The zero-order valence-corrected chi connectivity index (χ0v) is 18.0. The minimum atomic E-state index is -0.195. The van der Waals surface area contributed by atoms with E-state index in [0.717, 1.165) is 23.0 Å². The van der Waals surface area contributed by atoms with Crippen LogP contribution < -0.4 is 15.0 Å². The smallest absolute Gasteiger partial charge is 0.277 e. The number of hydrogen-bond donors (Lipinski definition) is 1. The van der Waals surface area contributed by atoms with E-state index >= 15 is 0 Å². The van der Waals surface area contributed by atoms with Crippen molar-refractivity contribution >= 4 is 35.0 Å². The fraction of sp³-hybridized carbons (Fsp3) is 0.273. The maximum atomic E-state index is 12.5. The van der Waals surface area contributed by atoms with Gasteiger partial charge in [0, 0.05) is 30.4 Å². The Balaban J connectivity index is 1.32. The van der Waals surface area contributed by atoms with Gasteiger partial charge >= 0.3 is 0 Å². The molecule has 0 saturated carbocycles. The van der Waals surface area contributed by atoms with Gasteiger partial charge in [0.25, 0.3) is 5.22 Å². The molecule has 160 valence electrons. The Bertz CT molecular complexity index is 1080. The Hall–Kier alpha value is -3.33. The number of nitrogens with zero attached hydrogens (tertiary/aromatic N) is 3. The first-order chi connectivity index (χ1) is 15.0. The lowest BCUT2D eigenvalue weighted by Crippen LogP contribution is -2.24. The highest BCUT2D eigenvalue weighted by Crippen LogP contribution is 2.32. The second kappa shape index (κ2) is 9.22. The predicted molar refractivity (Wildman–Crippen MR) is 118 cm³/mol. The van der Waals surface area contributed by atoms with Crippen LogP contribution in [0.2, 0.25) is 0 Å². The molecule has 8 nitrogen and oxygen atoms in total. The van der Waals surface area contributed by atoms with E-state index in [1.807, 2.05) is 31.2 Å². The first kappa shape index (κ1) is 20.9. The number of rotatable bonds is 7. The van der Waals surface area contributed by atoms with Crippen molar-refractivity contribution < 1.29 is 18.7 Å². The lowest BCUT2D eigenvalue weighted by Gasteiger charge is -2.16. The van der Waals surface area contributed by atoms with Crippen LogP contribution in [0.1, 0.15) is 23.8 Å². The minimum Gasteiger partial charge on any atom is -0.497 e. The normalized spacial score (nSPS) is 15.9. The molecular formula is C22H22N4O4S. The molecule has 0 radical (unpaired) electrons. The number of carbonyl (C=O) groups excluding carboxylic acids is 2. The van der Waals surface area contributed by atoms with Gasteiger partial charge in [-0.25, -0.2) is 0 Å². The number of thioether (sulfide) groups is 1. The molecule has 1 atom stereocenters. The Kier molecular flexibility index (Phi) is 6.22. The Morgan fingerprint density at radius 2 is 2.06 bits per heavy atom. The number of methoxy groups -OCH3 is 1. The van der Waals surface area contributed by atoms with Crippen LogP contribution in [-0.4, -0.2) is 41.4 Å². The highest BCUT2D eigenvalue weighted by Gasteiger charge is 2.35. The molecule has 4 rings (SSSR count). The van der Waals surface area contributed by atoms with Gasteiger partial charge in [0.2, 0.25) is 17.7 Å². The number of amides is 2. The molecule has 2 aromatic carbocycles. The maximum absolute atomic E-state index is 12.5. The maximum Gasteiger partial charge on any atom is 0.277 e. The zero-order chi connectivity index (χ0) is 21.8. The topological polar surface area (TPSA) is 97.6 Å². The quantitative estimate of drug-likeness (QED) is 0.563. The number of ether oxygens (including phenoxy) is 1. The van der Waals surface area contributed by atoms with Crippen LogP contribution in [0.25, 0.3) is 0 Å². The van der Waals surface area contributed by atoms with Crippen molar-refractivity contribution in [2.45, 2.75) is 24.5 Å². The van der Waals surface area contributed by atoms with Crippen molar-refractivity contribution in [1.29, 1.82) is 0 Å². The third-order valence-electron chi connectivity index (χ3n) is 4.92. The molecule has 0 bridgehead atoms. The van der Waals surface area contributed by atoms with Gasteiger partial charge in [-0.15, -0.1) is 10.2 Å². The number of hydrogen-bond acceptors (Lipinski definition) is 7. The van der Waals surface area contributed by atoms with E-state index in [9.17, 15) is 9.59 Å². The summed E-state index contributed by atoms with van der Waals surface area (Å²) in [6.45, 7) is 2.50. The molecule has 31 heavy (non-hydrogen) atoms. The SMILES string of the molecule is COc1cccc(NC(=O)CSc2nnc([C@H]3CC(=O)N(c4ccc(C)cc4)C3)o2)c1. The van der Waals surface area contributed by atoms with Crippen LogP contribution in [0.3, 0.4) is 0 Å². The highest BCUT2D eigenvalue weighted by atomic mass is 32.2. The molecule has 2 heterocycles. The van der Waals surface area contributed by atoms with Crippen LogP contribution in [-0.2, 0) is 9.59 Å². The number of nitrogens with one attached hydrogen (secondary N) is 1. The molecule has 1 N–H and O–H groups in total. The van der Waals surface area contributed by atoms with E-state index in [-0.39, 0.29) is 23.5 Å². The number of anilines is 2. The largest absolute Gasteiger partial charge is 0.497 e. The summed E-state index contributed by atoms with van der Waals surface area (Å²) in [5.74, 6) is 0.869. The first-order valence-electron chi connectivity index (χ1n) is 9.79. The van der Waals surface area contributed by atoms with Gasteiger partial charge < -0.3 is 19.4 Å². The van der Waals surface area contributed by atoms with Crippen LogP contribution >= 0.6 is 11.8 Å². The van der Waals surface area contributed by atoms with Crippen molar-refractivity contribution in [1.82, 2.24) is 10.2 Å². The van der Waals surface area contributed by atoms with Crippen molar-refractivity contribution in [3.05, 3.63) is 60.0 Å². The molecule has 9 heteroatoms. The Morgan fingerprint density at radius 1 is 1.26 bits per heavy atom. The average molecular weight is 439 g/mol. The standard InChI is InChI=1S/C22H22N4O4S/c1-14-6-8-17(9-7-14)26-12-15(10-20(26)28)21-24-25-22(30-21)31-13-19(27)23-16-4-3-5-18(11-16)29-2/h3-9,11,15H,10,12-13H2,1-2H3,(H,23,27)/t15-/m0/s1. The van der Waals surface area contributed by atoms with E-state index in [2.05, 4.69) is 15.5 Å². The molecule has 3 aromatic rings. The summed E-state index contributed by atoms with van der Waals surface area (Å²) >= 11 is 1.15. The lowest BCUT2D eigenvalue weighted by molar-refractivity contribution is -0.117. The first-order valence-corrected chi connectivity index (χ1v) is 10.8. The molecular weight excluding hydrogens is 416 g/mol. The summed E-state index contributed by atoms with van der Waals surface area (Å²) in [6, 6.07) is 15.0. The van der Waals surface area contributed by atoms with Crippen molar-refractivity contribution in [3.8, 4) is 5.75 Å². The summed E-state index contributed by atoms with van der Waals surface area (Å²) in [5.41, 5.74) is 2.65. The third-order valence-corrected chi connectivity index (χ3v) is 5.74. The summed E-state index contributed by atoms with van der Waals surface area (Å²) < 4.78 is 10.9. The summed E-state index contributed by atoms with van der Waals surface area (Å²) in [4.78, 5) is 26.4. The molecule has 1 aliphatic rings. The second-order valence-electron chi connectivity index (χ2n) is 7.22. The fourth-order valence-corrected chi connectivity index (χ4v) is 3.89. The highest BCUT2D eigenvalue weighted by molar-refractivity contribution is 7.99. The minimum absolute atomic E-state index is 0.0268. The van der Waals surface area contributed by atoms with E-state index in [1.54, 1.807) is 36.3 Å². The monoisotopic (exact) mass is 438 g/mol. The molecule has 1 fully saturated rings. The molecule has 1 aliphatic heterocycles. The molecule has 1 saturated heterocycles.